The van der Waals surface area contributed by atoms with Gasteiger partial charge in [0.1, 0.15) is 0 Å². The second-order valence-corrected chi connectivity index (χ2v) is 10.1. The van der Waals surface area contributed by atoms with Crippen LogP contribution in [0.15, 0.2) is 53.4 Å². The largest absolute Gasteiger partial charge is 0.352 e. The number of benzene rings is 2. The highest BCUT2D eigenvalue weighted by Gasteiger charge is 2.18. The fourth-order valence-electron chi connectivity index (χ4n) is 3.80. The number of nitrogens with zero attached hydrogens (tertiary/aromatic N) is 1. The molecule has 1 fully saturated rings. The lowest BCUT2D eigenvalue weighted by atomic mass is 10.0. The fourth-order valence-corrected chi connectivity index (χ4v) is 5.09. The van der Waals surface area contributed by atoms with Crippen molar-refractivity contribution in [3.63, 3.8) is 0 Å². The number of sulfonamides is 1. The molecular formula is C23H30ClN3O3S. The van der Waals surface area contributed by atoms with Gasteiger partial charge in [-0.15, -0.1) is 0 Å². The van der Waals surface area contributed by atoms with E-state index in [0.717, 1.165) is 25.9 Å². The molecule has 168 valence electrons. The summed E-state index contributed by atoms with van der Waals surface area (Å²) in [4.78, 5) is 15.0. The second-order valence-electron chi connectivity index (χ2n) is 7.99. The summed E-state index contributed by atoms with van der Waals surface area (Å²) in [5.41, 5.74) is 0.684. The lowest BCUT2D eigenvalue weighted by Crippen LogP contribution is -2.38. The molecule has 1 saturated heterocycles. The van der Waals surface area contributed by atoms with Gasteiger partial charge < -0.3 is 10.2 Å². The molecule has 1 amide bonds. The Labute approximate surface area is 190 Å². The molecule has 1 heterocycles. The van der Waals surface area contributed by atoms with E-state index >= 15 is 0 Å². The van der Waals surface area contributed by atoms with Crippen molar-refractivity contribution in [3.05, 3.63) is 59.1 Å². The number of amides is 1. The van der Waals surface area contributed by atoms with Crippen molar-refractivity contribution >= 4 is 33.2 Å². The number of carbonyl (C=O) groups is 1. The van der Waals surface area contributed by atoms with Gasteiger partial charge in [-0.3, -0.25) is 9.52 Å². The Morgan fingerprint density at radius 1 is 1.13 bits per heavy atom. The maximum atomic E-state index is 12.7. The van der Waals surface area contributed by atoms with Crippen LogP contribution in [0.3, 0.4) is 0 Å². The van der Waals surface area contributed by atoms with Gasteiger partial charge in [0, 0.05) is 23.2 Å². The number of hydrogen-bond acceptors (Lipinski definition) is 4. The number of anilines is 1. The summed E-state index contributed by atoms with van der Waals surface area (Å²) < 4.78 is 27.8. The van der Waals surface area contributed by atoms with Gasteiger partial charge in [0.15, 0.2) is 0 Å². The molecule has 0 spiro atoms. The summed E-state index contributed by atoms with van der Waals surface area (Å²) in [6.45, 7) is 5.07. The highest BCUT2D eigenvalue weighted by molar-refractivity contribution is 7.92. The Morgan fingerprint density at radius 2 is 1.94 bits per heavy atom. The van der Waals surface area contributed by atoms with Crippen LogP contribution in [0.1, 0.15) is 49.4 Å². The van der Waals surface area contributed by atoms with Crippen molar-refractivity contribution in [3.8, 4) is 0 Å². The zero-order valence-corrected chi connectivity index (χ0v) is 19.4. The molecule has 6 nitrogen and oxygen atoms in total. The van der Waals surface area contributed by atoms with Crippen LogP contribution in [-0.4, -0.2) is 44.9 Å². The van der Waals surface area contributed by atoms with Gasteiger partial charge in [-0.05, 0) is 82.1 Å². The first-order valence-corrected chi connectivity index (χ1v) is 12.6. The molecule has 31 heavy (non-hydrogen) atoms. The molecule has 3 rings (SSSR count). The van der Waals surface area contributed by atoms with E-state index in [1.807, 2.05) is 0 Å². The average molecular weight is 464 g/mol. The van der Waals surface area contributed by atoms with Crippen LogP contribution in [0.4, 0.5) is 5.69 Å². The number of unbranched alkanes of at least 4 members (excludes halogenated alkanes) is 1. The van der Waals surface area contributed by atoms with Gasteiger partial charge >= 0.3 is 0 Å². The van der Waals surface area contributed by atoms with Crippen molar-refractivity contribution in [2.75, 3.05) is 24.4 Å². The highest BCUT2D eigenvalue weighted by Crippen LogP contribution is 2.20. The topological polar surface area (TPSA) is 78.5 Å². The second kappa shape index (κ2) is 11.0. The number of likely N-dealkylation sites (tertiary alicyclic amines) is 1. The zero-order valence-electron chi connectivity index (χ0n) is 17.8. The third kappa shape index (κ3) is 6.95. The van der Waals surface area contributed by atoms with Crippen molar-refractivity contribution in [2.24, 2.45) is 0 Å². The van der Waals surface area contributed by atoms with Gasteiger partial charge in [0.25, 0.3) is 15.9 Å². The summed E-state index contributed by atoms with van der Waals surface area (Å²) in [5.74, 6) is -0.272. The third-order valence-corrected chi connectivity index (χ3v) is 7.20. The average Bonchev–Trinajstić information content (AvgIpc) is 2.74. The summed E-state index contributed by atoms with van der Waals surface area (Å²) in [5, 5.41) is 3.33. The van der Waals surface area contributed by atoms with Gasteiger partial charge in [-0.2, -0.15) is 0 Å². The molecule has 2 aromatic rings. The molecule has 0 radical (unpaired) electrons. The predicted octanol–water partition coefficient (Wildman–Crippen LogP) is 4.53. The minimum Gasteiger partial charge on any atom is -0.352 e. The molecule has 0 bridgehead atoms. The minimum atomic E-state index is -3.83. The molecule has 8 heteroatoms. The summed E-state index contributed by atoms with van der Waals surface area (Å²) in [7, 11) is -3.83. The van der Waals surface area contributed by atoms with Crippen molar-refractivity contribution in [1.29, 1.82) is 0 Å². The number of hydrogen-bond donors (Lipinski definition) is 2. The fraction of sp³-hybridized carbons (Fsp3) is 0.435. The Hall–Kier alpha value is -2.09. The SMILES string of the molecule is CC1CCCCN1CCCCNC(=O)c1cccc(S(=O)(=O)Nc2cccc(Cl)c2)c1. The Morgan fingerprint density at radius 3 is 2.71 bits per heavy atom. The molecule has 2 N–H and O–H groups in total. The van der Waals surface area contributed by atoms with E-state index in [0.29, 0.717) is 28.9 Å². The number of carbonyl (C=O) groups excluding carboxylic acids is 1. The van der Waals surface area contributed by atoms with Gasteiger partial charge in [-0.1, -0.05) is 30.2 Å². The highest BCUT2D eigenvalue weighted by atomic mass is 35.5. The van der Waals surface area contributed by atoms with Crippen molar-refractivity contribution in [2.45, 2.75) is 50.0 Å². The molecule has 1 aliphatic heterocycles. The van der Waals surface area contributed by atoms with E-state index in [9.17, 15) is 13.2 Å². The summed E-state index contributed by atoms with van der Waals surface area (Å²) in [6, 6.07) is 13.1. The van der Waals surface area contributed by atoms with Crippen molar-refractivity contribution < 1.29 is 13.2 Å². The maximum absolute atomic E-state index is 12.7. The third-order valence-electron chi connectivity index (χ3n) is 5.58. The van der Waals surface area contributed by atoms with Crippen LogP contribution in [0.2, 0.25) is 5.02 Å². The number of nitrogens with one attached hydrogen (secondary N) is 2. The van der Waals surface area contributed by atoms with E-state index < -0.39 is 10.0 Å². The van der Waals surface area contributed by atoms with Crippen LogP contribution in [0.25, 0.3) is 0 Å². The van der Waals surface area contributed by atoms with Crippen molar-refractivity contribution in [1.82, 2.24) is 10.2 Å². The number of halogens is 1. The van der Waals surface area contributed by atoms with E-state index in [1.54, 1.807) is 30.3 Å². The lowest BCUT2D eigenvalue weighted by molar-refractivity contribution is 0.0951. The minimum absolute atomic E-state index is 0.0270. The van der Waals surface area contributed by atoms with Gasteiger partial charge in [0.05, 0.1) is 10.6 Å². The predicted molar refractivity (Wildman–Crippen MR) is 125 cm³/mol. The quantitative estimate of drug-likeness (QED) is 0.535. The van der Waals surface area contributed by atoms with E-state index in [4.69, 9.17) is 11.6 Å². The van der Waals surface area contributed by atoms with Crippen LogP contribution >= 0.6 is 11.6 Å². The molecule has 1 unspecified atom stereocenters. The van der Waals surface area contributed by atoms with Crippen LogP contribution in [0.5, 0.6) is 0 Å². The Bertz CT molecular complexity index is 997. The molecule has 0 saturated carbocycles. The standard InChI is InChI=1S/C23H30ClN3O3S/c1-18-8-2-4-14-27(18)15-5-3-13-25-23(28)19-9-6-12-22(16-19)31(29,30)26-21-11-7-10-20(24)17-21/h6-7,9-12,16-18,26H,2-5,8,13-15H2,1H3,(H,25,28). The summed E-state index contributed by atoms with van der Waals surface area (Å²) >= 11 is 5.92. The Balaban J connectivity index is 1.51. The molecule has 2 aromatic carbocycles. The molecule has 0 aromatic heterocycles. The normalized spacial score (nSPS) is 17.3. The molecular weight excluding hydrogens is 434 g/mol. The summed E-state index contributed by atoms with van der Waals surface area (Å²) in [6.07, 6.45) is 5.78. The smallest absolute Gasteiger partial charge is 0.261 e. The number of rotatable bonds is 9. The Kier molecular flexibility index (Phi) is 8.35. The van der Waals surface area contributed by atoms with Gasteiger partial charge in [0.2, 0.25) is 0 Å². The van der Waals surface area contributed by atoms with Crippen LogP contribution < -0.4 is 10.0 Å². The van der Waals surface area contributed by atoms with E-state index in [1.165, 1.54) is 37.5 Å². The maximum Gasteiger partial charge on any atom is 0.261 e. The first kappa shape index (κ1) is 23.6. The molecule has 1 aliphatic rings. The molecule has 1 atom stereocenters. The monoisotopic (exact) mass is 463 g/mol. The van der Waals surface area contributed by atoms with E-state index in [-0.39, 0.29) is 10.8 Å². The first-order valence-electron chi connectivity index (χ1n) is 10.8. The lowest BCUT2D eigenvalue weighted by Gasteiger charge is -2.33. The number of piperidine rings is 1. The zero-order chi connectivity index (χ0) is 22.3. The first-order chi connectivity index (χ1) is 14.8. The molecule has 0 aliphatic carbocycles. The van der Waals surface area contributed by atoms with E-state index in [2.05, 4.69) is 21.9 Å². The van der Waals surface area contributed by atoms with Crippen LogP contribution in [0, 0.1) is 0 Å². The van der Waals surface area contributed by atoms with Crippen LogP contribution in [-0.2, 0) is 10.0 Å². The van der Waals surface area contributed by atoms with Gasteiger partial charge in [-0.25, -0.2) is 8.42 Å².